The average Bonchev–Trinajstić information content (AvgIpc) is 2.54. The minimum absolute atomic E-state index is 0.0909. The number of hydrogen-bond donors (Lipinski definition) is 2. The molecule has 0 heterocycles. The lowest BCUT2D eigenvalue weighted by atomic mass is 10.1. The van der Waals surface area contributed by atoms with Crippen LogP contribution in [0.1, 0.15) is 11.1 Å². The molecule has 120 valence electrons. The molecule has 2 aromatic rings. The first-order valence-electron chi connectivity index (χ1n) is 7.05. The summed E-state index contributed by atoms with van der Waals surface area (Å²) in [5.41, 5.74) is 12.6. The summed E-state index contributed by atoms with van der Waals surface area (Å²) in [5, 5.41) is 0. The van der Waals surface area contributed by atoms with Crippen molar-refractivity contribution in [2.75, 3.05) is 0 Å². The summed E-state index contributed by atoms with van der Waals surface area (Å²) in [6.45, 7) is 0.500. The van der Waals surface area contributed by atoms with E-state index in [0.717, 1.165) is 16.9 Å². The smallest absolute Gasteiger partial charge is 0.405 e. The first-order valence-corrected chi connectivity index (χ1v) is 7.46. The number of rotatable bonds is 7. The summed E-state index contributed by atoms with van der Waals surface area (Å²) in [5.74, 6) is 0.750. The summed E-state index contributed by atoms with van der Waals surface area (Å²) in [4.78, 5) is 10.9. The van der Waals surface area contributed by atoms with Crippen molar-refractivity contribution in [2.24, 2.45) is 11.5 Å². The van der Waals surface area contributed by atoms with Crippen LogP contribution in [-0.4, -0.2) is 17.2 Å². The van der Waals surface area contributed by atoms with E-state index >= 15 is 0 Å². The van der Waals surface area contributed by atoms with Crippen LogP contribution in [-0.2, 0) is 17.8 Å². The summed E-state index contributed by atoms with van der Waals surface area (Å²) in [6, 6.07) is 17.3. The zero-order valence-corrected chi connectivity index (χ0v) is 13.3. The summed E-state index contributed by atoms with van der Waals surface area (Å²) < 4.78 is 10.6. The molecule has 0 saturated heterocycles. The fraction of sp³-hybridized carbons (Fsp3) is 0.176. The van der Waals surface area contributed by atoms with Crippen molar-refractivity contribution in [2.45, 2.75) is 19.1 Å². The number of hydrogen-bond acceptors (Lipinski definition) is 4. The second kappa shape index (κ2) is 8.14. The number of primary amides is 1. The van der Waals surface area contributed by atoms with Crippen LogP contribution >= 0.6 is 12.2 Å². The number of benzene rings is 2. The summed E-state index contributed by atoms with van der Waals surface area (Å²) in [7, 11) is 0. The Balaban J connectivity index is 1.93. The molecule has 0 radical (unpaired) electrons. The lowest BCUT2D eigenvalue weighted by molar-refractivity contribution is 0.137. The molecule has 1 atom stereocenters. The molecule has 2 aromatic carbocycles. The van der Waals surface area contributed by atoms with Gasteiger partial charge in [-0.15, -0.1) is 0 Å². The van der Waals surface area contributed by atoms with Crippen molar-refractivity contribution in [1.29, 1.82) is 0 Å². The molecule has 0 aliphatic heterocycles. The number of carbonyl (C=O) groups is 1. The van der Waals surface area contributed by atoms with E-state index in [1.54, 1.807) is 0 Å². The lowest BCUT2D eigenvalue weighted by Crippen LogP contribution is -2.35. The Hall–Kier alpha value is -2.60. The van der Waals surface area contributed by atoms with E-state index in [4.69, 9.17) is 33.2 Å². The van der Waals surface area contributed by atoms with Gasteiger partial charge in [-0.1, -0.05) is 54.7 Å². The quantitative estimate of drug-likeness (QED) is 0.762. The molecular formula is C17H18N2O3S. The van der Waals surface area contributed by atoms with Gasteiger partial charge in [0.05, 0.1) is 0 Å². The highest BCUT2D eigenvalue weighted by molar-refractivity contribution is 7.80. The van der Waals surface area contributed by atoms with Crippen LogP contribution in [0.5, 0.6) is 5.75 Å². The van der Waals surface area contributed by atoms with Crippen molar-refractivity contribution in [3.8, 4) is 5.75 Å². The van der Waals surface area contributed by atoms with Gasteiger partial charge >= 0.3 is 6.09 Å². The van der Waals surface area contributed by atoms with Crippen LogP contribution in [0.25, 0.3) is 0 Å². The number of thiocarbonyl (C=S) groups is 1. The Bertz CT molecular complexity index is 659. The zero-order chi connectivity index (χ0) is 16.7. The fourth-order valence-electron chi connectivity index (χ4n) is 2.02. The summed E-state index contributed by atoms with van der Waals surface area (Å²) >= 11 is 4.88. The molecule has 0 spiro atoms. The van der Waals surface area contributed by atoms with E-state index < -0.39 is 12.2 Å². The second-order valence-corrected chi connectivity index (χ2v) is 5.42. The van der Waals surface area contributed by atoms with Crippen LogP contribution in [0.2, 0.25) is 0 Å². The van der Waals surface area contributed by atoms with Gasteiger partial charge in [0.2, 0.25) is 0 Å². The maximum Gasteiger partial charge on any atom is 0.405 e. The molecule has 0 saturated carbocycles. The highest BCUT2D eigenvalue weighted by Gasteiger charge is 2.16. The normalized spacial score (nSPS) is 11.5. The molecular weight excluding hydrogens is 312 g/mol. The molecule has 4 N–H and O–H groups in total. The monoisotopic (exact) mass is 330 g/mol. The number of nitrogens with two attached hydrogens (primary N) is 2. The standard InChI is InChI=1S/C17H18N2O3S/c18-16(23)15(22-17(19)20)10-12-6-8-14(9-7-12)21-11-13-4-2-1-3-5-13/h1-9,15H,10-11H2,(H2,18,23)(H2,19,20). The highest BCUT2D eigenvalue weighted by atomic mass is 32.1. The summed E-state index contributed by atoms with van der Waals surface area (Å²) in [6.07, 6.45) is -1.23. The molecule has 0 aliphatic rings. The average molecular weight is 330 g/mol. The van der Waals surface area contributed by atoms with Gasteiger partial charge in [0.1, 0.15) is 17.3 Å². The van der Waals surface area contributed by atoms with Crippen molar-refractivity contribution >= 4 is 23.3 Å². The van der Waals surface area contributed by atoms with Crippen LogP contribution < -0.4 is 16.2 Å². The molecule has 6 heteroatoms. The number of ether oxygens (including phenoxy) is 2. The van der Waals surface area contributed by atoms with Crippen LogP contribution in [0, 0.1) is 0 Å². The SMILES string of the molecule is NC(=O)OC(Cc1ccc(OCc2ccccc2)cc1)C(N)=S. The molecule has 1 unspecified atom stereocenters. The Labute approximate surface area is 140 Å². The van der Waals surface area contributed by atoms with Gasteiger partial charge in [-0.3, -0.25) is 0 Å². The van der Waals surface area contributed by atoms with Crippen LogP contribution in [0.4, 0.5) is 4.79 Å². The molecule has 0 aliphatic carbocycles. The second-order valence-electron chi connectivity index (χ2n) is 4.95. The minimum Gasteiger partial charge on any atom is -0.489 e. The van der Waals surface area contributed by atoms with E-state index in [2.05, 4.69) is 0 Å². The molecule has 1 amide bonds. The van der Waals surface area contributed by atoms with Crippen molar-refractivity contribution in [3.05, 3.63) is 65.7 Å². The van der Waals surface area contributed by atoms with Gasteiger partial charge in [-0.05, 0) is 23.3 Å². The largest absolute Gasteiger partial charge is 0.489 e. The molecule has 0 fully saturated rings. The first kappa shape index (κ1) is 16.8. The zero-order valence-electron chi connectivity index (χ0n) is 12.5. The Morgan fingerprint density at radius 1 is 1.00 bits per heavy atom. The van der Waals surface area contributed by atoms with E-state index in [-0.39, 0.29) is 4.99 Å². The van der Waals surface area contributed by atoms with Crippen molar-refractivity contribution in [3.63, 3.8) is 0 Å². The van der Waals surface area contributed by atoms with E-state index in [1.165, 1.54) is 0 Å². The lowest BCUT2D eigenvalue weighted by Gasteiger charge is -2.15. The third-order valence-corrected chi connectivity index (χ3v) is 3.43. The van der Waals surface area contributed by atoms with Gasteiger partial charge in [0.15, 0.2) is 6.10 Å². The van der Waals surface area contributed by atoms with Gasteiger partial charge in [-0.2, -0.15) is 0 Å². The topological polar surface area (TPSA) is 87.6 Å². The Kier molecular flexibility index (Phi) is 5.94. The third-order valence-electron chi connectivity index (χ3n) is 3.17. The molecule has 0 aromatic heterocycles. The predicted octanol–water partition coefficient (Wildman–Crippen LogP) is 2.56. The fourth-order valence-corrected chi connectivity index (χ4v) is 2.15. The van der Waals surface area contributed by atoms with Gasteiger partial charge in [0, 0.05) is 6.42 Å². The van der Waals surface area contributed by atoms with E-state index in [0.29, 0.717) is 13.0 Å². The van der Waals surface area contributed by atoms with Crippen LogP contribution in [0.3, 0.4) is 0 Å². The predicted molar refractivity (Wildman–Crippen MR) is 92.2 cm³/mol. The van der Waals surface area contributed by atoms with E-state index in [1.807, 2.05) is 54.6 Å². The third kappa shape index (κ3) is 5.60. The number of carbonyl (C=O) groups excluding carboxylic acids is 1. The molecule has 0 bridgehead atoms. The van der Waals surface area contributed by atoms with E-state index in [9.17, 15) is 4.79 Å². The van der Waals surface area contributed by atoms with Crippen LogP contribution in [0.15, 0.2) is 54.6 Å². The van der Waals surface area contributed by atoms with Gasteiger partial charge in [0.25, 0.3) is 0 Å². The van der Waals surface area contributed by atoms with Crippen molar-refractivity contribution < 1.29 is 14.3 Å². The maximum absolute atomic E-state index is 10.8. The van der Waals surface area contributed by atoms with Crippen molar-refractivity contribution in [1.82, 2.24) is 0 Å². The number of amides is 1. The Morgan fingerprint density at radius 2 is 1.65 bits per heavy atom. The highest BCUT2D eigenvalue weighted by Crippen LogP contribution is 2.16. The molecule has 23 heavy (non-hydrogen) atoms. The minimum atomic E-state index is -0.898. The maximum atomic E-state index is 10.8. The molecule has 5 nitrogen and oxygen atoms in total. The van der Waals surface area contributed by atoms with Gasteiger partial charge in [-0.25, -0.2) is 4.79 Å². The molecule has 2 rings (SSSR count). The Morgan fingerprint density at radius 3 is 2.22 bits per heavy atom. The first-order chi connectivity index (χ1) is 11.0. The van der Waals surface area contributed by atoms with Gasteiger partial charge < -0.3 is 20.9 Å².